The van der Waals surface area contributed by atoms with E-state index in [4.69, 9.17) is 9.72 Å². The summed E-state index contributed by atoms with van der Waals surface area (Å²) >= 11 is 0. The number of nitrogens with one attached hydrogen (secondary N) is 1. The van der Waals surface area contributed by atoms with Gasteiger partial charge in [0.2, 0.25) is 5.95 Å². The first kappa shape index (κ1) is 24.0. The Hall–Kier alpha value is -3.71. The number of aromatic hydroxyl groups is 1. The van der Waals surface area contributed by atoms with Gasteiger partial charge in [0.1, 0.15) is 23.6 Å². The second-order valence-electron chi connectivity index (χ2n) is 9.65. The summed E-state index contributed by atoms with van der Waals surface area (Å²) in [4.78, 5) is 7.18. The van der Waals surface area contributed by atoms with Crippen molar-refractivity contribution >= 4 is 17.0 Å². The van der Waals surface area contributed by atoms with E-state index >= 15 is 0 Å². The number of hydrogen-bond donors (Lipinski definition) is 2. The number of fused-ring (bicyclic) bond motifs is 1. The summed E-state index contributed by atoms with van der Waals surface area (Å²) < 4.78 is 5.90. The van der Waals surface area contributed by atoms with Crippen molar-refractivity contribution in [2.45, 2.75) is 40.2 Å². The summed E-state index contributed by atoms with van der Waals surface area (Å²) in [5, 5.41) is 21.9. The van der Waals surface area contributed by atoms with Crippen molar-refractivity contribution in [3.8, 4) is 22.6 Å². The molecule has 0 bridgehead atoms. The van der Waals surface area contributed by atoms with Crippen LogP contribution in [0.3, 0.4) is 0 Å². The molecule has 0 aliphatic carbocycles. The largest absolute Gasteiger partial charge is 0.508 e. The first-order chi connectivity index (χ1) is 17.5. The van der Waals surface area contributed by atoms with E-state index in [1.54, 1.807) is 12.1 Å². The summed E-state index contributed by atoms with van der Waals surface area (Å²) in [7, 11) is 0. The van der Waals surface area contributed by atoms with Crippen molar-refractivity contribution in [2.24, 2.45) is 0 Å². The Balaban J connectivity index is 1.24. The molecule has 0 atom stereocenters. The number of anilines is 1. The van der Waals surface area contributed by atoms with Gasteiger partial charge < -0.3 is 15.2 Å². The highest BCUT2D eigenvalue weighted by atomic mass is 16.5. The van der Waals surface area contributed by atoms with Crippen LogP contribution in [0, 0.1) is 20.8 Å². The molecule has 7 nitrogen and oxygen atoms in total. The number of nitrogens with zero attached hydrogens (tertiary/aromatic N) is 4. The standard InChI is InChI=1S/C29H33N5O2/c1-19-15-24(35)16-20(2)27(19)23-14-21(3)28-26(17-23)32-33-29(31-28)30-18-22-6-8-25(9-7-22)36-13-12-34-10-4-5-11-34/h6-9,14-17,35H,4-5,10-13,18H2,1-3H3,(H,30,31,33). The van der Waals surface area contributed by atoms with Crippen LogP contribution in [-0.2, 0) is 6.54 Å². The van der Waals surface area contributed by atoms with Gasteiger partial charge in [0.15, 0.2) is 0 Å². The van der Waals surface area contributed by atoms with Crippen LogP contribution in [0.1, 0.15) is 35.1 Å². The first-order valence-electron chi connectivity index (χ1n) is 12.6. The summed E-state index contributed by atoms with van der Waals surface area (Å²) in [5.74, 6) is 1.68. The van der Waals surface area contributed by atoms with Gasteiger partial charge in [0.25, 0.3) is 0 Å². The topological polar surface area (TPSA) is 83.4 Å². The molecule has 1 aliphatic rings. The fourth-order valence-corrected chi connectivity index (χ4v) is 5.01. The molecule has 0 spiro atoms. The Morgan fingerprint density at radius 1 is 0.917 bits per heavy atom. The molecule has 0 saturated carbocycles. The van der Waals surface area contributed by atoms with Crippen LogP contribution in [0.25, 0.3) is 22.2 Å². The van der Waals surface area contributed by atoms with E-state index < -0.39 is 0 Å². The summed E-state index contributed by atoms with van der Waals surface area (Å²) in [5.41, 5.74) is 7.92. The molecule has 36 heavy (non-hydrogen) atoms. The predicted octanol–water partition coefficient (Wildman–Crippen LogP) is 5.41. The number of hydrogen-bond acceptors (Lipinski definition) is 7. The van der Waals surface area contributed by atoms with Gasteiger partial charge in [-0.05, 0) is 116 Å². The highest BCUT2D eigenvalue weighted by Crippen LogP contribution is 2.33. The smallest absolute Gasteiger partial charge is 0.243 e. The maximum Gasteiger partial charge on any atom is 0.243 e. The zero-order valence-corrected chi connectivity index (χ0v) is 21.2. The van der Waals surface area contributed by atoms with E-state index in [0.717, 1.165) is 63.3 Å². The second kappa shape index (κ2) is 10.5. The van der Waals surface area contributed by atoms with Crippen LogP contribution < -0.4 is 10.1 Å². The van der Waals surface area contributed by atoms with Gasteiger partial charge in [0.05, 0.1) is 5.52 Å². The normalized spacial score (nSPS) is 13.9. The third-order valence-corrected chi connectivity index (χ3v) is 6.81. The summed E-state index contributed by atoms with van der Waals surface area (Å²) in [6, 6.07) is 15.9. The molecule has 2 N–H and O–H groups in total. The number of ether oxygens (including phenoxy) is 1. The average molecular weight is 484 g/mol. The van der Waals surface area contributed by atoms with E-state index in [0.29, 0.717) is 12.5 Å². The lowest BCUT2D eigenvalue weighted by Crippen LogP contribution is -2.25. The number of phenols is 1. The number of benzene rings is 3. The van der Waals surface area contributed by atoms with Gasteiger partial charge in [-0.3, -0.25) is 4.90 Å². The number of phenolic OH excluding ortho intramolecular Hbond substituents is 1. The highest BCUT2D eigenvalue weighted by Gasteiger charge is 2.13. The lowest BCUT2D eigenvalue weighted by Gasteiger charge is -2.15. The molecule has 1 saturated heterocycles. The molecule has 186 valence electrons. The quantitative estimate of drug-likeness (QED) is 0.347. The zero-order valence-electron chi connectivity index (χ0n) is 21.2. The fourth-order valence-electron chi connectivity index (χ4n) is 5.01. The average Bonchev–Trinajstić information content (AvgIpc) is 3.37. The van der Waals surface area contributed by atoms with E-state index in [1.807, 2.05) is 39.0 Å². The molecule has 5 rings (SSSR count). The van der Waals surface area contributed by atoms with E-state index in [1.165, 1.54) is 25.9 Å². The maximum atomic E-state index is 9.89. The molecule has 3 aromatic carbocycles. The molecule has 7 heteroatoms. The van der Waals surface area contributed by atoms with Gasteiger partial charge in [-0.25, -0.2) is 4.98 Å². The van der Waals surface area contributed by atoms with E-state index in [2.05, 4.69) is 38.6 Å². The minimum atomic E-state index is 0.281. The molecule has 1 aliphatic heterocycles. The third kappa shape index (κ3) is 5.41. The van der Waals surface area contributed by atoms with Crippen molar-refractivity contribution < 1.29 is 9.84 Å². The summed E-state index contributed by atoms with van der Waals surface area (Å²) in [6.45, 7) is 10.8. The molecule has 0 radical (unpaired) electrons. The van der Waals surface area contributed by atoms with Gasteiger partial charge >= 0.3 is 0 Å². The van der Waals surface area contributed by atoms with E-state index in [-0.39, 0.29) is 5.75 Å². The van der Waals surface area contributed by atoms with Gasteiger partial charge in [0, 0.05) is 13.1 Å². The molecule has 1 fully saturated rings. The van der Waals surface area contributed by atoms with E-state index in [9.17, 15) is 5.11 Å². The fraction of sp³-hybridized carbons (Fsp3) is 0.345. The molecule has 0 unspecified atom stereocenters. The Labute approximate surface area is 212 Å². The molecular formula is C29H33N5O2. The van der Waals surface area contributed by atoms with Crippen LogP contribution in [0.15, 0.2) is 48.5 Å². The Bertz CT molecular complexity index is 1340. The summed E-state index contributed by atoms with van der Waals surface area (Å²) in [6.07, 6.45) is 2.61. The molecule has 0 amide bonds. The van der Waals surface area contributed by atoms with Crippen molar-refractivity contribution in [3.05, 3.63) is 70.8 Å². The van der Waals surface area contributed by atoms with Crippen LogP contribution in [-0.4, -0.2) is 51.4 Å². The second-order valence-corrected chi connectivity index (χ2v) is 9.65. The van der Waals surface area contributed by atoms with Crippen LogP contribution in [0.5, 0.6) is 11.5 Å². The Morgan fingerprint density at radius 2 is 1.64 bits per heavy atom. The SMILES string of the molecule is Cc1cc(O)cc(C)c1-c1cc(C)c2nc(NCc3ccc(OCCN4CCCC4)cc3)nnc2c1. The van der Waals surface area contributed by atoms with Crippen LogP contribution in [0.4, 0.5) is 5.95 Å². The van der Waals surface area contributed by atoms with Gasteiger partial charge in [-0.15, -0.1) is 10.2 Å². The van der Waals surface area contributed by atoms with Crippen molar-refractivity contribution in [1.82, 2.24) is 20.1 Å². The number of likely N-dealkylation sites (tertiary alicyclic amines) is 1. The third-order valence-electron chi connectivity index (χ3n) is 6.81. The monoisotopic (exact) mass is 483 g/mol. The zero-order chi connectivity index (χ0) is 25.1. The van der Waals surface area contributed by atoms with Crippen molar-refractivity contribution in [1.29, 1.82) is 0 Å². The maximum absolute atomic E-state index is 9.89. The lowest BCUT2D eigenvalue weighted by molar-refractivity contribution is 0.238. The van der Waals surface area contributed by atoms with Crippen molar-refractivity contribution in [3.63, 3.8) is 0 Å². The first-order valence-corrected chi connectivity index (χ1v) is 12.6. The molecule has 1 aromatic heterocycles. The minimum Gasteiger partial charge on any atom is -0.508 e. The van der Waals surface area contributed by atoms with Gasteiger partial charge in [-0.1, -0.05) is 12.1 Å². The van der Waals surface area contributed by atoms with Crippen LogP contribution >= 0.6 is 0 Å². The van der Waals surface area contributed by atoms with Crippen molar-refractivity contribution in [2.75, 3.05) is 31.6 Å². The Kier molecular flexibility index (Phi) is 7.00. The highest BCUT2D eigenvalue weighted by molar-refractivity contribution is 5.86. The Morgan fingerprint density at radius 3 is 2.36 bits per heavy atom. The minimum absolute atomic E-state index is 0.281. The van der Waals surface area contributed by atoms with Gasteiger partial charge in [-0.2, -0.15) is 0 Å². The number of aromatic nitrogens is 3. The van der Waals surface area contributed by atoms with Crippen LogP contribution in [0.2, 0.25) is 0 Å². The molecule has 4 aromatic rings. The lowest BCUT2D eigenvalue weighted by atomic mass is 9.94. The number of aryl methyl sites for hydroxylation is 3. The molecular weight excluding hydrogens is 450 g/mol. The number of rotatable bonds is 8. The molecule has 2 heterocycles. The predicted molar refractivity (Wildman–Crippen MR) is 144 cm³/mol.